The van der Waals surface area contributed by atoms with Crippen molar-refractivity contribution in [3.8, 4) is 21.3 Å². The molecule has 4 atom stereocenters. The second kappa shape index (κ2) is 19.8. The Balaban J connectivity index is 0.000000227. The maximum absolute atomic E-state index is 13.3. The maximum atomic E-state index is 13.3. The van der Waals surface area contributed by atoms with Crippen molar-refractivity contribution < 1.29 is 44.0 Å². The fraction of sp³-hybridized carbons (Fsp3) is 0.263. The largest absolute Gasteiger partial charge is 0.443 e. The summed E-state index contributed by atoms with van der Waals surface area (Å²) in [5, 5.41) is 4.92. The SMILES string of the molecule is C.C.CN1[C@@H](C(=O)Nc2ccc(F)c(Cl)c2)C[C@@H](c2ccc(-c3cnco3)s2)NS1(=O)=O.CN1[C@H](C(=O)Nc2ccc(F)c(Cl)c2)C[C@H](c2ccc(-c3cnco3)s2)NS1(=O)=O. The van der Waals surface area contributed by atoms with E-state index in [1.165, 1.54) is 73.8 Å². The lowest BCUT2D eigenvalue weighted by atomic mass is 10.1. The topological polar surface area (TPSA) is 209 Å². The molecule has 332 valence electrons. The van der Waals surface area contributed by atoms with Crippen molar-refractivity contribution in [1.82, 2.24) is 28.0 Å². The molecule has 16 nitrogen and oxygen atoms in total. The van der Waals surface area contributed by atoms with Crippen LogP contribution in [-0.4, -0.2) is 73.4 Å². The molecule has 0 saturated carbocycles. The first-order valence-corrected chi connectivity index (χ1v) is 22.8. The van der Waals surface area contributed by atoms with Gasteiger partial charge in [-0.15, -0.1) is 22.7 Å². The number of thiophene rings is 2. The lowest BCUT2D eigenvalue weighted by molar-refractivity contribution is -0.120. The van der Waals surface area contributed by atoms with E-state index in [0.29, 0.717) is 11.5 Å². The first-order valence-electron chi connectivity index (χ1n) is 17.5. The molecule has 0 radical (unpaired) electrons. The zero-order chi connectivity index (χ0) is 42.9. The molecule has 4 aromatic heterocycles. The highest BCUT2D eigenvalue weighted by Crippen LogP contribution is 2.38. The molecule has 2 aliphatic heterocycles. The molecular formula is C38H40Cl2F2N8O8S4. The van der Waals surface area contributed by atoms with Gasteiger partial charge in [0.2, 0.25) is 11.8 Å². The van der Waals surface area contributed by atoms with E-state index in [-0.39, 0.29) is 49.1 Å². The van der Waals surface area contributed by atoms with Crippen molar-refractivity contribution in [1.29, 1.82) is 0 Å². The normalized spacial score (nSPS) is 20.7. The van der Waals surface area contributed by atoms with E-state index in [0.717, 1.165) is 40.3 Å². The van der Waals surface area contributed by atoms with E-state index < -0.39 is 68.0 Å². The summed E-state index contributed by atoms with van der Waals surface area (Å²) >= 11 is 14.2. The summed E-state index contributed by atoms with van der Waals surface area (Å²) in [5.74, 6) is -1.16. The van der Waals surface area contributed by atoms with Crippen LogP contribution in [0.15, 0.2) is 94.7 Å². The lowest BCUT2D eigenvalue weighted by Crippen LogP contribution is -2.55. The van der Waals surface area contributed by atoms with Crippen LogP contribution in [0.25, 0.3) is 21.3 Å². The Hall–Kier alpha value is -4.62. The molecule has 4 N–H and O–H groups in total. The highest BCUT2D eigenvalue weighted by molar-refractivity contribution is 7.87. The van der Waals surface area contributed by atoms with Gasteiger partial charge in [0.25, 0.3) is 20.4 Å². The molecule has 8 rings (SSSR count). The van der Waals surface area contributed by atoms with Crippen molar-refractivity contribution in [2.24, 2.45) is 0 Å². The van der Waals surface area contributed by atoms with Crippen LogP contribution in [0.3, 0.4) is 0 Å². The molecule has 0 unspecified atom stereocenters. The van der Waals surface area contributed by atoms with Gasteiger partial charge >= 0.3 is 0 Å². The van der Waals surface area contributed by atoms with Gasteiger partial charge in [-0.05, 0) is 73.5 Å². The average molecular weight is 974 g/mol. The van der Waals surface area contributed by atoms with Crippen molar-refractivity contribution in [3.05, 3.63) is 117 Å². The minimum Gasteiger partial charge on any atom is -0.443 e. The van der Waals surface area contributed by atoms with Crippen molar-refractivity contribution in [2.45, 2.75) is 51.9 Å². The second-order valence-electron chi connectivity index (χ2n) is 13.3. The third-order valence-electron chi connectivity index (χ3n) is 9.41. The number of halogens is 4. The molecule has 0 bridgehead atoms. The molecule has 0 spiro atoms. The van der Waals surface area contributed by atoms with Crippen LogP contribution in [0.4, 0.5) is 20.2 Å². The Morgan fingerprint density at radius 3 is 1.42 bits per heavy atom. The second-order valence-corrected chi connectivity index (χ2v) is 19.8. The lowest BCUT2D eigenvalue weighted by Gasteiger charge is -2.35. The van der Waals surface area contributed by atoms with Gasteiger partial charge in [0.05, 0.1) is 44.3 Å². The fourth-order valence-electron chi connectivity index (χ4n) is 6.21. The summed E-state index contributed by atoms with van der Waals surface area (Å²) in [5.41, 5.74) is 0.548. The van der Waals surface area contributed by atoms with Gasteiger partial charge in [-0.1, -0.05) is 38.1 Å². The zero-order valence-electron chi connectivity index (χ0n) is 31.0. The molecule has 2 aromatic carbocycles. The van der Waals surface area contributed by atoms with Crippen LogP contribution >= 0.6 is 45.9 Å². The van der Waals surface area contributed by atoms with Crippen molar-refractivity contribution >= 4 is 89.5 Å². The molecule has 6 heterocycles. The van der Waals surface area contributed by atoms with Crippen LogP contribution in [-0.2, 0) is 30.0 Å². The van der Waals surface area contributed by atoms with Gasteiger partial charge in [0.1, 0.15) is 23.7 Å². The highest BCUT2D eigenvalue weighted by Gasteiger charge is 2.42. The first kappa shape index (κ1) is 48.4. The van der Waals surface area contributed by atoms with E-state index in [1.807, 2.05) is 12.1 Å². The van der Waals surface area contributed by atoms with Crippen molar-refractivity contribution in [3.63, 3.8) is 0 Å². The molecule has 2 saturated heterocycles. The van der Waals surface area contributed by atoms with E-state index in [4.69, 9.17) is 32.0 Å². The Kier molecular flexibility index (Phi) is 15.5. The number of hydrogen-bond acceptors (Lipinski definition) is 12. The standard InChI is InChI=1S/2C18H16ClFN4O4S2.2CH4/c2*1-24-14(18(25)22-10-2-3-12(20)11(19)6-10)7-13(23-30(24,26)27)16-4-5-17(29-16)15-8-21-9-28-15;;/h2*2-6,8-9,13-14,23H,7H2,1H3,(H,22,25);2*1H4/t2*13-,14+;;/m10../s1. The van der Waals surface area contributed by atoms with Crippen LogP contribution in [0.2, 0.25) is 10.0 Å². The quantitative estimate of drug-likeness (QED) is 0.115. The average Bonchev–Trinajstić information content (AvgIpc) is 4.04. The summed E-state index contributed by atoms with van der Waals surface area (Å²) in [6.07, 6.45) is 6.17. The predicted octanol–water partition coefficient (Wildman–Crippen LogP) is 8.10. The number of oxazole rings is 2. The van der Waals surface area contributed by atoms with Crippen LogP contribution in [0, 0.1) is 11.6 Å². The number of amides is 2. The Morgan fingerprint density at radius 2 is 1.08 bits per heavy atom. The maximum Gasteiger partial charge on any atom is 0.280 e. The summed E-state index contributed by atoms with van der Waals surface area (Å²) < 4.78 is 94.8. The number of benzene rings is 2. The molecule has 62 heavy (non-hydrogen) atoms. The van der Waals surface area contributed by atoms with Crippen LogP contribution in [0.5, 0.6) is 0 Å². The van der Waals surface area contributed by atoms with E-state index in [9.17, 15) is 35.2 Å². The Labute approximate surface area is 374 Å². The number of hydrogen-bond donors (Lipinski definition) is 4. The van der Waals surface area contributed by atoms with E-state index >= 15 is 0 Å². The van der Waals surface area contributed by atoms with Gasteiger partial charge in [-0.3, -0.25) is 9.59 Å². The van der Waals surface area contributed by atoms with Gasteiger partial charge in [-0.25, -0.2) is 18.7 Å². The summed E-state index contributed by atoms with van der Waals surface area (Å²) in [7, 11) is -5.14. The van der Waals surface area contributed by atoms with Gasteiger partial charge in [0, 0.05) is 35.2 Å². The summed E-state index contributed by atoms with van der Waals surface area (Å²) in [4.78, 5) is 36.5. The molecular weight excluding hydrogens is 934 g/mol. The minimum absolute atomic E-state index is 0. The Morgan fingerprint density at radius 1 is 0.694 bits per heavy atom. The number of likely N-dealkylation sites (N-methyl/N-ethyl adjacent to an activating group) is 2. The van der Waals surface area contributed by atoms with Crippen LogP contribution in [0.1, 0.15) is 49.5 Å². The monoisotopic (exact) mass is 972 g/mol. The molecule has 24 heteroatoms. The Bertz CT molecular complexity index is 2550. The molecule has 2 amide bonds. The molecule has 0 aliphatic carbocycles. The number of aromatic nitrogens is 2. The number of carbonyl (C=O) groups excluding carboxylic acids is 2. The van der Waals surface area contributed by atoms with E-state index in [1.54, 1.807) is 24.5 Å². The number of nitrogens with zero attached hydrogens (tertiary/aromatic N) is 4. The molecule has 2 aliphatic rings. The molecule has 6 aromatic rings. The fourth-order valence-corrected chi connectivity index (χ4v) is 11.3. The molecule has 2 fully saturated rings. The van der Waals surface area contributed by atoms with Gasteiger partial charge in [-0.2, -0.15) is 34.9 Å². The third-order valence-corrected chi connectivity index (χ3v) is 15.6. The number of rotatable bonds is 8. The van der Waals surface area contributed by atoms with Gasteiger partial charge in [0.15, 0.2) is 24.3 Å². The van der Waals surface area contributed by atoms with Crippen molar-refractivity contribution in [2.75, 3.05) is 24.7 Å². The van der Waals surface area contributed by atoms with Gasteiger partial charge < -0.3 is 19.5 Å². The summed E-state index contributed by atoms with van der Waals surface area (Å²) in [6.45, 7) is 0. The first-order chi connectivity index (χ1) is 28.5. The number of nitrogens with one attached hydrogen (secondary N) is 4. The zero-order valence-corrected chi connectivity index (χ0v) is 35.8. The number of anilines is 2. The number of carbonyl (C=O) groups is 2. The minimum atomic E-state index is -3.90. The predicted molar refractivity (Wildman–Crippen MR) is 235 cm³/mol. The smallest absolute Gasteiger partial charge is 0.280 e. The summed E-state index contributed by atoms with van der Waals surface area (Å²) in [6, 6.07) is 11.6. The van der Waals surface area contributed by atoms with E-state index in [2.05, 4.69) is 30.0 Å². The third kappa shape index (κ3) is 10.8. The highest BCUT2D eigenvalue weighted by atomic mass is 35.5. The van der Waals surface area contributed by atoms with Crippen LogP contribution < -0.4 is 20.1 Å².